The summed E-state index contributed by atoms with van der Waals surface area (Å²) in [4.78, 5) is 2.56. The molecule has 1 rings (SSSR count). The lowest BCUT2D eigenvalue weighted by molar-refractivity contribution is 0.251. The van der Waals surface area contributed by atoms with Crippen LogP contribution in [0.1, 0.15) is 52.9 Å². The smallest absolute Gasteiger partial charge is 0.144 e. The quantitative estimate of drug-likeness (QED) is 0.199. The maximum absolute atomic E-state index is 8.72. The number of oxime groups is 1. The van der Waals surface area contributed by atoms with Crippen molar-refractivity contribution < 1.29 is 5.21 Å². The second kappa shape index (κ2) is 8.47. The van der Waals surface area contributed by atoms with Crippen molar-refractivity contribution in [2.45, 2.75) is 58.9 Å². The van der Waals surface area contributed by atoms with Crippen LogP contribution in [0.3, 0.4) is 0 Å². The predicted octanol–water partition coefficient (Wildman–Crippen LogP) is 2.00. The standard InChI is InChI=1S/C15H32N4O/c1-13(19-10-6-7-11-19)12-17-9-5-4-8-15(2,3)14(16)18-20/h13,17,20H,4-12H2,1-3H3,(H2,16,18). The van der Waals surface area contributed by atoms with E-state index in [0.717, 1.165) is 32.4 Å². The highest BCUT2D eigenvalue weighted by atomic mass is 16.4. The van der Waals surface area contributed by atoms with Gasteiger partial charge in [0.15, 0.2) is 0 Å². The van der Waals surface area contributed by atoms with Crippen LogP contribution in [0, 0.1) is 5.41 Å². The van der Waals surface area contributed by atoms with Gasteiger partial charge in [-0.05, 0) is 52.2 Å². The Labute approximate surface area is 123 Å². The summed E-state index contributed by atoms with van der Waals surface area (Å²) < 4.78 is 0. The normalized spacial score (nSPS) is 19.4. The van der Waals surface area contributed by atoms with Gasteiger partial charge < -0.3 is 16.3 Å². The summed E-state index contributed by atoms with van der Waals surface area (Å²) in [5.74, 6) is 0.327. The van der Waals surface area contributed by atoms with Crippen LogP contribution in [-0.4, -0.2) is 48.2 Å². The third kappa shape index (κ3) is 5.67. The molecule has 0 saturated carbocycles. The molecular weight excluding hydrogens is 252 g/mol. The first kappa shape index (κ1) is 17.2. The van der Waals surface area contributed by atoms with Crippen LogP contribution in [0.25, 0.3) is 0 Å². The first-order valence-corrected chi connectivity index (χ1v) is 7.90. The van der Waals surface area contributed by atoms with Gasteiger partial charge in [-0.2, -0.15) is 0 Å². The molecule has 5 nitrogen and oxygen atoms in total. The molecule has 118 valence electrons. The molecule has 20 heavy (non-hydrogen) atoms. The van der Waals surface area contributed by atoms with Gasteiger partial charge in [-0.3, -0.25) is 4.90 Å². The lowest BCUT2D eigenvalue weighted by Gasteiger charge is -2.24. The molecule has 0 aromatic carbocycles. The molecule has 5 heteroatoms. The van der Waals surface area contributed by atoms with E-state index >= 15 is 0 Å². The Balaban J connectivity index is 2.04. The number of hydrogen-bond acceptors (Lipinski definition) is 4. The Kier molecular flexibility index (Phi) is 7.30. The SMILES string of the molecule is CC(CNCCCCC(C)(C)C(N)=NO)N1CCCC1. The van der Waals surface area contributed by atoms with Crippen LogP contribution >= 0.6 is 0 Å². The molecule has 0 bridgehead atoms. The summed E-state index contributed by atoms with van der Waals surface area (Å²) >= 11 is 0. The number of nitrogens with one attached hydrogen (secondary N) is 1. The average Bonchev–Trinajstić information content (AvgIpc) is 2.95. The Morgan fingerprint density at radius 3 is 2.60 bits per heavy atom. The van der Waals surface area contributed by atoms with Crippen molar-refractivity contribution in [2.24, 2.45) is 16.3 Å². The monoisotopic (exact) mass is 284 g/mol. The van der Waals surface area contributed by atoms with Crippen molar-refractivity contribution in [2.75, 3.05) is 26.2 Å². The van der Waals surface area contributed by atoms with Gasteiger partial charge in [0, 0.05) is 18.0 Å². The van der Waals surface area contributed by atoms with Gasteiger partial charge in [0.25, 0.3) is 0 Å². The van der Waals surface area contributed by atoms with Crippen LogP contribution in [0.15, 0.2) is 5.16 Å². The second-order valence-electron chi connectivity index (χ2n) is 6.62. The van der Waals surface area contributed by atoms with Crippen molar-refractivity contribution in [3.8, 4) is 0 Å². The third-order valence-corrected chi connectivity index (χ3v) is 4.41. The van der Waals surface area contributed by atoms with E-state index in [1.807, 2.05) is 13.8 Å². The zero-order valence-electron chi connectivity index (χ0n) is 13.4. The lowest BCUT2D eigenvalue weighted by Crippen LogP contribution is -2.38. The molecule has 1 aliphatic heterocycles. The highest BCUT2D eigenvalue weighted by molar-refractivity contribution is 5.85. The molecule has 0 aromatic heterocycles. The number of amidine groups is 1. The number of hydrogen-bond donors (Lipinski definition) is 3. The topological polar surface area (TPSA) is 73.9 Å². The van der Waals surface area contributed by atoms with E-state index in [4.69, 9.17) is 10.9 Å². The second-order valence-corrected chi connectivity index (χ2v) is 6.62. The molecule has 0 aliphatic carbocycles. The lowest BCUT2D eigenvalue weighted by atomic mass is 9.86. The van der Waals surface area contributed by atoms with E-state index in [1.165, 1.54) is 25.9 Å². The molecule has 0 amide bonds. The number of likely N-dealkylation sites (tertiary alicyclic amines) is 1. The molecule has 4 N–H and O–H groups in total. The van der Waals surface area contributed by atoms with E-state index in [1.54, 1.807) is 0 Å². The summed E-state index contributed by atoms with van der Waals surface area (Å²) in [6.07, 6.45) is 5.88. The van der Waals surface area contributed by atoms with Gasteiger partial charge in [-0.15, -0.1) is 0 Å². The molecule has 1 aliphatic rings. The summed E-state index contributed by atoms with van der Waals surface area (Å²) in [7, 11) is 0. The Hall–Kier alpha value is -0.810. The molecule has 1 saturated heterocycles. The van der Waals surface area contributed by atoms with Gasteiger partial charge in [-0.25, -0.2) is 0 Å². The van der Waals surface area contributed by atoms with Gasteiger partial charge >= 0.3 is 0 Å². The van der Waals surface area contributed by atoms with Crippen LogP contribution in [-0.2, 0) is 0 Å². The summed E-state index contributed by atoms with van der Waals surface area (Å²) in [5, 5.41) is 15.4. The van der Waals surface area contributed by atoms with Crippen LogP contribution < -0.4 is 11.1 Å². The van der Waals surface area contributed by atoms with Crippen molar-refractivity contribution >= 4 is 5.84 Å². The number of nitrogens with zero attached hydrogens (tertiary/aromatic N) is 2. The number of rotatable bonds is 9. The minimum Gasteiger partial charge on any atom is -0.409 e. The van der Waals surface area contributed by atoms with E-state index in [2.05, 4.69) is 22.3 Å². The van der Waals surface area contributed by atoms with Crippen LogP contribution in [0.2, 0.25) is 0 Å². The molecule has 1 heterocycles. The van der Waals surface area contributed by atoms with Crippen LogP contribution in [0.4, 0.5) is 0 Å². The first-order chi connectivity index (χ1) is 9.47. The van der Waals surface area contributed by atoms with Gasteiger partial charge in [0.2, 0.25) is 0 Å². The molecule has 1 fully saturated rings. The van der Waals surface area contributed by atoms with Gasteiger partial charge in [0.1, 0.15) is 5.84 Å². The van der Waals surface area contributed by atoms with Crippen molar-refractivity contribution in [1.29, 1.82) is 0 Å². The maximum Gasteiger partial charge on any atom is 0.144 e. The van der Waals surface area contributed by atoms with E-state index < -0.39 is 0 Å². The number of nitrogens with two attached hydrogens (primary N) is 1. The molecule has 1 unspecified atom stereocenters. The fourth-order valence-corrected chi connectivity index (χ4v) is 2.70. The fourth-order valence-electron chi connectivity index (χ4n) is 2.70. The molecule has 1 atom stereocenters. The molecular formula is C15H32N4O. The zero-order chi connectivity index (χ0) is 15.0. The van der Waals surface area contributed by atoms with E-state index in [-0.39, 0.29) is 5.41 Å². The number of unbranched alkanes of at least 4 members (excludes halogenated alkanes) is 1. The Morgan fingerprint density at radius 2 is 2.00 bits per heavy atom. The Bertz CT molecular complexity index is 298. The maximum atomic E-state index is 8.72. The van der Waals surface area contributed by atoms with Crippen molar-refractivity contribution in [3.63, 3.8) is 0 Å². The summed E-state index contributed by atoms with van der Waals surface area (Å²) in [5.41, 5.74) is 5.47. The molecule has 0 radical (unpaired) electrons. The third-order valence-electron chi connectivity index (χ3n) is 4.41. The Morgan fingerprint density at radius 1 is 1.35 bits per heavy atom. The van der Waals surface area contributed by atoms with Crippen molar-refractivity contribution in [3.05, 3.63) is 0 Å². The van der Waals surface area contributed by atoms with E-state index in [9.17, 15) is 0 Å². The highest BCUT2D eigenvalue weighted by Crippen LogP contribution is 2.23. The first-order valence-electron chi connectivity index (χ1n) is 7.90. The van der Waals surface area contributed by atoms with Crippen LogP contribution in [0.5, 0.6) is 0 Å². The molecule has 0 aromatic rings. The largest absolute Gasteiger partial charge is 0.409 e. The van der Waals surface area contributed by atoms with Gasteiger partial charge in [-0.1, -0.05) is 25.4 Å². The van der Waals surface area contributed by atoms with E-state index in [0.29, 0.717) is 11.9 Å². The zero-order valence-corrected chi connectivity index (χ0v) is 13.4. The summed E-state index contributed by atoms with van der Waals surface area (Å²) in [6, 6.07) is 0.645. The predicted molar refractivity (Wildman–Crippen MR) is 84.2 cm³/mol. The minimum absolute atomic E-state index is 0.211. The average molecular weight is 284 g/mol. The molecule has 0 spiro atoms. The van der Waals surface area contributed by atoms with Gasteiger partial charge in [0.05, 0.1) is 0 Å². The highest BCUT2D eigenvalue weighted by Gasteiger charge is 2.22. The fraction of sp³-hybridized carbons (Fsp3) is 0.933. The minimum atomic E-state index is -0.211. The van der Waals surface area contributed by atoms with Crippen molar-refractivity contribution in [1.82, 2.24) is 10.2 Å². The summed E-state index contributed by atoms with van der Waals surface area (Å²) in [6.45, 7) is 11.0.